The highest BCUT2D eigenvalue weighted by Crippen LogP contribution is 2.31. The lowest BCUT2D eigenvalue weighted by atomic mass is 10.1. The second-order valence-electron chi connectivity index (χ2n) is 7.71. The molecule has 2 aromatic rings. The van der Waals surface area contributed by atoms with Gasteiger partial charge in [0.2, 0.25) is 11.8 Å². The maximum Gasteiger partial charge on any atom is 0.227 e. The molecule has 2 atom stereocenters. The Morgan fingerprint density at radius 3 is 2.75 bits per heavy atom. The SMILES string of the molecule is Cc1nc(C2CC(NC(=O)CC(C)C)CN2C(=O)Cc2ccccc2Cl)n[nH]1. The Bertz CT molecular complexity index is 851. The van der Waals surface area contributed by atoms with Gasteiger partial charge in [-0.2, -0.15) is 5.10 Å². The minimum absolute atomic E-state index is 0.00493. The summed E-state index contributed by atoms with van der Waals surface area (Å²) in [6, 6.07) is 6.94. The molecular weight excluding hydrogens is 378 g/mol. The van der Waals surface area contributed by atoms with Gasteiger partial charge in [0, 0.05) is 24.0 Å². The number of carbonyl (C=O) groups excluding carboxylic acids is 2. The van der Waals surface area contributed by atoms with Crippen LogP contribution in [0, 0.1) is 12.8 Å². The average molecular weight is 404 g/mol. The molecule has 1 aromatic carbocycles. The predicted molar refractivity (Wildman–Crippen MR) is 107 cm³/mol. The molecule has 2 heterocycles. The number of nitrogens with one attached hydrogen (secondary N) is 2. The van der Waals surface area contributed by atoms with E-state index in [0.717, 1.165) is 5.56 Å². The molecule has 7 nitrogen and oxygen atoms in total. The number of benzene rings is 1. The number of hydrogen-bond acceptors (Lipinski definition) is 4. The van der Waals surface area contributed by atoms with Crippen LogP contribution < -0.4 is 5.32 Å². The molecule has 1 aliphatic rings. The van der Waals surface area contributed by atoms with E-state index < -0.39 is 0 Å². The normalized spacial score (nSPS) is 19.2. The Morgan fingerprint density at radius 2 is 2.11 bits per heavy atom. The van der Waals surface area contributed by atoms with Crippen molar-refractivity contribution in [2.75, 3.05) is 6.54 Å². The lowest BCUT2D eigenvalue weighted by Crippen LogP contribution is -2.39. The minimum atomic E-state index is -0.274. The van der Waals surface area contributed by atoms with Crippen molar-refractivity contribution in [3.05, 3.63) is 46.5 Å². The van der Waals surface area contributed by atoms with Gasteiger partial charge in [0.05, 0.1) is 12.5 Å². The van der Waals surface area contributed by atoms with Crippen molar-refractivity contribution in [2.45, 2.75) is 52.1 Å². The summed E-state index contributed by atoms with van der Waals surface area (Å²) in [7, 11) is 0. The van der Waals surface area contributed by atoms with Crippen LogP contribution in [0.5, 0.6) is 0 Å². The first-order valence-corrected chi connectivity index (χ1v) is 9.92. The maximum atomic E-state index is 13.1. The van der Waals surface area contributed by atoms with Crippen LogP contribution in [0.25, 0.3) is 0 Å². The van der Waals surface area contributed by atoms with Crippen molar-refractivity contribution in [3.63, 3.8) is 0 Å². The van der Waals surface area contributed by atoms with E-state index in [1.54, 1.807) is 11.0 Å². The zero-order chi connectivity index (χ0) is 20.3. The highest BCUT2D eigenvalue weighted by Gasteiger charge is 2.39. The molecule has 0 spiro atoms. The minimum Gasteiger partial charge on any atom is -0.351 e. The average Bonchev–Trinajstić information content (AvgIpc) is 3.22. The third-order valence-corrected chi connectivity index (χ3v) is 5.16. The molecule has 1 aliphatic heterocycles. The van der Waals surface area contributed by atoms with E-state index in [2.05, 4.69) is 20.5 Å². The molecule has 2 unspecified atom stereocenters. The second kappa shape index (κ2) is 8.73. The van der Waals surface area contributed by atoms with Crippen LogP contribution in [0.4, 0.5) is 0 Å². The molecule has 0 aliphatic carbocycles. The number of rotatable bonds is 6. The Hall–Kier alpha value is -2.41. The lowest BCUT2D eigenvalue weighted by Gasteiger charge is -2.22. The standard InChI is InChI=1S/C20H26ClN5O2/c1-12(2)8-18(27)23-15-10-17(20-22-13(3)24-25-20)26(11-15)19(28)9-14-6-4-5-7-16(14)21/h4-7,12,15,17H,8-11H2,1-3H3,(H,23,27)(H,22,24,25). The fourth-order valence-corrected chi connectivity index (χ4v) is 3.74. The first-order valence-electron chi connectivity index (χ1n) is 9.54. The van der Waals surface area contributed by atoms with Gasteiger partial charge < -0.3 is 10.2 Å². The number of nitrogens with zero attached hydrogens (tertiary/aromatic N) is 3. The lowest BCUT2D eigenvalue weighted by molar-refractivity contribution is -0.132. The summed E-state index contributed by atoms with van der Waals surface area (Å²) in [5.74, 6) is 1.50. The van der Waals surface area contributed by atoms with Crippen molar-refractivity contribution in [3.8, 4) is 0 Å². The van der Waals surface area contributed by atoms with Crippen molar-refractivity contribution < 1.29 is 9.59 Å². The number of aromatic nitrogens is 3. The van der Waals surface area contributed by atoms with Crippen molar-refractivity contribution in [2.24, 2.45) is 5.92 Å². The van der Waals surface area contributed by atoms with E-state index in [0.29, 0.717) is 36.1 Å². The quantitative estimate of drug-likeness (QED) is 0.775. The summed E-state index contributed by atoms with van der Waals surface area (Å²) in [6.07, 6.45) is 1.26. The van der Waals surface area contributed by atoms with Crippen molar-refractivity contribution in [1.82, 2.24) is 25.4 Å². The van der Waals surface area contributed by atoms with Gasteiger partial charge in [-0.3, -0.25) is 14.7 Å². The summed E-state index contributed by atoms with van der Waals surface area (Å²) in [6.45, 7) is 6.27. The fraction of sp³-hybridized carbons (Fsp3) is 0.500. The number of aryl methyl sites for hydroxylation is 1. The number of amides is 2. The molecule has 1 aromatic heterocycles. The Balaban J connectivity index is 1.76. The molecule has 3 rings (SSSR count). The van der Waals surface area contributed by atoms with E-state index in [4.69, 9.17) is 11.6 Å². The molecule has 28 heavy (non-hydrogen) atoms. The van der Waals surface area contributed by atoms with Crippen LogP contribution in [0.3, 0.4) is 0 Å². The van der Waals surface area contributed by atoms with Crippen LogP contribution in [0.2, 0.25) is 5.02 Å². The van der Waals surface area contributed by atoms with Crippen LogP contribution in [0.15, 0.2) is 24.3 Å². The highest BCUT2D eigenvalue weighted by atomic mass is 35.5. The number of likely N-dealkylation sites (tertiary alicyclic amines) is 1. The van der Waals surface area contributed by atoms with Gasteiger partial charge in [0.15, 0.2) is 5.82 Å². The molecular formula is C20H26ClN5O2. The molecule has 150 valence electrons. The third-order valence-electron chi connectivity index (χ3n) is 4.79. The Labute approximate surface area is 169 Å². The number of carbonyl (C=O) groups is 2. The fourth-order valence-electron chi connectivity index (χ4n) is 3.53. The van der Waals surface area contributed by atoms with E-state index in [1.807, 2.05) is 39.0 Å². The smallest absolute Gasteiger partial charge is 0.227 e. The van der Waals surface area contributed by atoms with Crippen LogP contribution >= 0.6 is 11.6 Å². The summed E-state index contributed by atoms with van der Waals surface area (Å²) in [5, 5.41) is 10.7. The van der Waals surface area contributed by atoms with Crippen molar-refractivity contribution >= 4 is 23.4 Å². The number of aromatic amines is 1. The van der Waals surface area contributed by atoms with E-state index in [-0.39, 0.29) is 36.2 Å². The number of H-pyrrole nitrogens is 1. The van der Waals surface area contributed by atoms with Gasteiger partial charge in [0.1, 0.15) is 5.82 Å². The molecule has 1 fully saturated rings. The third kappa shape index (κ3) is 4.90. The van der Waals surface area contributed by atoms with Gasteiger partial charge >= 0.3 is 0 Å². The zero-order valence-electron chi connectivity index (χ0n) is 16.4. The Morgan fingerprint density at radius 1 is 1.36 bits per heavy atom. The summed E-state index contributed by atoms with van der Waals surface area (Å²) in [5.41, 5.74) is 0.784. The maximum absolute atomic E-state index is 13.1. The topological polar surface area (TPSA) is 91.0 Å². The highest BCUT2D eigenvalue weighted by molar-refractivity contribution is 6.31. The predicted octanol–water partition coefficient (Wildman–Crippen LogP) is 2.81. The van der Waals surface area contributed by atoms with Gasteiger partial charge in [-0.05, 0) is 30.9 Å². The van der Waals surface area contributed by atoms with Crippen LogP contribution in [-0.4, -0.2) is 44.5 Å². The first-order chi connectivity index (χ1) is 13.3. The van der Waals surface area contributed by atoms with Crippen LogP contribution in [0.1, 0.15) is 49.9 Å². The summed E-state index contributed by atoms with van der Waals surface area (Å²) in [4.78, 5) is 31.4. The molecule has 0 radical (unpaired) electrons. The summed E-state index contributed by atoms with van der Waals surface area (Å²) >= 11 is 6.22. The van der Waals surface area contributed by atoms with Crippen molar-refractivity contribution in [1.29, 1.82) is 0 Å². The molecule has 1 saturated heterocycles. The van der Waals surface area contributed by atoms with E-state index in [9.17, 15) is 9.59 Å². The van der Waals surface area contributed by atoms with Gasteiger partial charge in [-0.15, -0.1) is 0 Å². The van der Waals surface area contributed by atoms with Gasteiger partial charge in [-0.25, -0.2) is 4.98 Å². The first kappa shape index (κ1) is 20.3. The monoisotopic (exact) mass is 403 g/mol. The van der Waals surface area contributed by atoms with E-state index in [1.165, 1.54) is 0 Å². The molecule has 2 N–H and O–H groups in total. The molecule has 8 heteroatoms. The van der Waals surface area contributed by atoms with E-state index >= 15 is 0 Å². The van der Waals surface area contributed by atoms with Gasteiger partial charge in [0.25, 0.3) is 0 Å². The van der Waals surface area contributed by atoms with Crippen LogP contribution in [-0.2, 0) is 16.0 Å². The molecule has 0 saturated carbocycles. The molecule has 0 bridgehead atoms. The zero-order valence-corrected chi connectivity index (χ0v) is 17.2. The number of halogens is 1. The molecule has 2 amide bonds. The number of hydrogen-bond donors (Lipinski definition) is 2. The largest absolute Gasteiger partial charge is 0.351 e. The van der Waals surface area contributed by atoms with Gasteiger partial charge in [-0.1, -0.05) is 43.6 Å². The second-order valence-corrected chi connectivity index (χ2v) is 8.11. The summed E-state index contributed by atoms with van der Waals surface area (Å²) < 4.78 is 0. The Kier molecular flexibility index (Phi) is 6.34.